The van der Waals surface area contributed by atoms with Crippen LogP contribution in [0.5, 0.6) is 0 Å². The zero-order chi connectivity index (χ0) is 20.2. The van der Waals surface area contributed by atoms with Crippen LogP contribution >= 0.6 is 0 Å². The van der Waals surface area contributed by atoms with Gasteiger partial charge in [-0.25, -0.2) is 0 Å². The third kappa shape index (κ3) is 4.49. The molecular formula is C23H28N4O2. The van der Waals surface area contributed by atoms with Crippen LogP contribution in [0.4, 0.5) is 11.4 Å². The van der Waals surface area contributed by atoms with Crippen molar-refractivity contribution >= 4 is 23.2 Å². The van der Waals surface area contributed by atoms with Gasteiger partial charge in [-0.05, 0) is 42.6 Å². The summed E-state index contributed by atoms with van der Waals surface area (Å²) in [7, 11) is 0. The van der Waals surface area contributed by atoms with Gasteiger partial charge in [-0.2, -0.15) is 0 Å². The first-order chi connectivity index (χ1) is 14.1. The predicted octanol–water partition coefficient (Wildman–Crippen LogP) is 2.43. The van der Waals surface area contributed by atoms with E-state index >= 15 is 0 Å². The summed E-state index contributed by atoms with van der Waals surface area (Å²) in [4.78, 5) is 28.6. The van der Waals surface area contributed by atoms with Crippen molar-refractivity contribution in [2.24, 2.45) is 11.7 Å². The molecule has 29 heavy (non-hydrogen) atoms. The Labute approximate surface area is 171 Å². The molecule has 2 aromatic carbocycles. The topological polar surface area (TPSA) is 78.7 Å². The van der Waals surface area contributed by atoms with Crippen LogP contribution in [0.2, 0.25) is 0 Å². The van der Waals surface area contributed by atoms with Crippen molar-refractivity contribution in [1.29, 1.82) is 0 Å². The van der Waals surface area contributed by atoms with Gasteiger partial charge in [0.15, 0.2) is 0 Å². The Balaban J connectivity index is 1.37. The molecule has 2 atom stereocenters. The molecule has 0 radical (unpaired) electrons. The highest BCUT2D eigenvalue weighted by Gasteiger charge is 2.33. The number of nitrogens with one attached hydrogen (secondary N) is 1. The van der Waals surface area contributed by atoms with Crippen LogP contribution in [0.3, 0.4) is 0 Å². The third-order valence-corrected chi connectivity index (χ3v) is 5.93. The molecule has 0 aromatic heterocycles. The number of carbonyl (C=O) groups is 2. The lowest BCUT2D eigenvalue weighted by molar-refractivity contribution is -0.117. The molecule has 2 aromatic rings. The first-order valence-corrected chi connectivity index (χ1v) is 10.3. The number of likely N-dealkylation sites (tertiary alicyclic amines) is 1. The molecule has 2 heterocycles. The molecule has 6 heteroatoms. The zero-order valence-corrected chi connectivity index (χ0v) is 16.6. The number of amides is 2. The van der Waals surface area contributed by atoms with Crippen LogP contribution in [-0.4, -0.2) is 49.4 Å². The van der Waals surface area contributed by atoms with Gasteiger partial charge in [0.25, 0.3) is 0 Å². The lowest BCUT2D eigenvalue weighted by atomic mass is 9.89. The quantitative estimate of drug-likeness (QED) is 0.791. The first-order valence-electron chi connectivity index (χ1n) is 10.3. The molecule has 152 valence electrons. The van der Waals surface area contributed by atoms with Gasteiger partial charge < -0.3 is 16.0 Å². The number of nitrogens with two attached hydrogens (primary N) is 1. The largest absolute Gasteiger partial charge is 0.330 e. The monoisotopic (exact) mass is 392 g/mol. The SMILES string of the molecule is NC[C@@H]1CN(CC(=O)Nc2cccc(N3CCCC3=O)c2)C[C@H]1c1ccccc1. The second kappa shape index (κ2) is 8.76. The number of hydrogen-bond acceptors (Lipinski definition) is 4. The van der Waals surface area contributed by atoms with Gasteiger partial charge in [0.05, 0.1) is 6.54 Å². The molecule has 2 aliphatic rings. The Bertz CT molecular complexity index is 870. The summed E-state index contributed by atoms with van der Waals surface area (Å²) in [6.45, 7) is 3.36. The predicted molar refractivity (Wildman–Crippen MR) is 115 cm³/mol. The van der Waals surface area contributed by atoms with E-state index in [1.807, 2.05) is 30.3 Å². The maximum atomic E-state index is 12.6. The number of carbonyl (C=O) groups excluding carboxylic acids is 2. The van der Waals surface area contributed by atoms with Crippen LogP contribution in [0, 0.1) is 5.92 Å². The lowest BCUT2D eigenvalue weighted by Crippen LogP contribution is -2.32. The standard InChI is InChI=1S/C23H28N4O2/c24-13-18-14-26(15-21(18)17-6-2-1-3-7-17)16-22(28)25-19-8-4-9-20(12-19)27-11-5-10-23(27)29/h1-4,6-9,12,18,21H,5,10-11,13-16,24H2,(H,25,28)/t18-,21+/m1/s1. The minimum absolute atomic E-state index is 0.0422. The number of benzene rings is 2. The van der Waals surface area contributed by atoms with Crippen molar-refractivity contribution in [3.8, 4) is 0 Å². The van der Waals surface area contributed by atoms with Gasteiger partial charge in [0.1, 0.15) is 0 Å². The number of anilines is 2. The fourth-order valence-electron chi connectivity index (χ4n) is 4.48. The summed E-state index contributed by atoms with van der Waals surface area (Å²) in [5.74, 6) is 0.818. The first kappa shape index (κ1) is 19.6. The fourth-order valence-corrected chi connectivity index (χ4v) is 4.48. The van der Waals surface area contributed by atoms with E-state index in [0.717, 1.165) is 37.4 Å². The van der Waals surface area contributed by atoms with Gasteiger partial charge in [0.2, 0.25) is 11.8 Å². The van der Waals surface area contributed by atoms with Crippen LogP contribution in [0.25, 0.3) is 0 Å². The lowest BCUT2D eigenvalue weighted by Gasteiger charge is -2.18. The van der Waals surface area contributed by atoms with Crippen LogP contribution in [0.15, 0.2) is 54.6 Å². The van der Waals surface area contributed by atoms with E-state index < -0.39 is 0 Å². The van der Waals surface area contributed by atoms with E-state index in [1.54, 1.807) is 4.90 Å². The van der Waals surface area contributed by atoms with Gasteiger partial charge in [-0.15, -0.1) is 0 Å². The Hall–Kier alpha value is -2.70. The minimum atomic E-state index is -0.0422. The van der Waals surface area contributed by atoms with E-state index in [2.05, 4.69) is 34.5 Å². The smallest absolute Gasteiger partial charge is 0.238 e. The van der Waals surface area contributed by atoms with Crippen molar-refractivity contribution in [3.63, 3.8) is 0 Å². The molecule has 2 fully saturated rings. The second-order valence-corrected chi connectivity index (χ2v) is 7.95. The van der Waals surface area contributed by atoms with Gasteiger partial charge in [-0.3, -0.25) is 14.5 Å². The van der Waals surface area contributed by atoms with Crippen molar-refractivity contribution in [1.82, 2.24) is 4.90 Å². The molecule has 2 aliphatic heterocycles. The summed E-state index contributed by atoms with van der Waals surface area (Å²) in [6.07, 6.45) is 1.48. The third-order valence-electron chi connectivity index (χ3n) is 5.93. The molecule has 2 amide bonds. The van der Waals surface area contributed by atoms with Gasteiger partial charge in [0, 0.05) is 43.3 Å². The van der Waals surface area contributed by atoms with Gasteiger partial charge in [-0.1, -0.05) is 36.4 Å². The molecular weight excluding hydrogens is 364 g/mol. The van der Waals surface area contributed by atoms with Gasteiger partial charge >= 0.3 is 0 Å². The number of hydrogen-bond donors (Lipinski definition) is 2. The molecule has 0 unspecified atom stereocenters. The van der Waals surface area contributed by atoms with E-state index in [4.69, 9.17) is 5.73 Å². The molecule has 2 saturated heterocycles. The maximum Gasteiger partial charge on any atom is 0.238 e. The van der Waals surface area contributed by atoms with E-state index in [9.17, 15) is 9.59 Å². The molecule has 0 saturated carbocycles. The van der Waals surface area contributed by atoms with Crippen molar-refractivity contribution in [2.45, 2.75) is 18.8 Å². The highest BCUT2D eigenvalue weighted by molar-refractivity contribution is 5.97. The molecule has 0 bridgehead atoms. The second-order valence-electron chi connectivity index (χ2n) is 7.95. The summed E-state index contributed by atoms with van der Waals surface area (Å²) in [5.41, 5.74) is 8.86. The summed E-state index contributed by atoms with van der Waals surface area (Å²) >= 11 is 0. The maximum absolute atomic E-state index is 12.6. The number of nitrogens with zero attached hydrogens (tertiary/aromatic N) is 2. The summed E-state index contributed by atoms with van der Waals surface area (Å²) in [6, 6.07) is 17.9. The molecule has 4 rings (SSSR count). The molecule has 0 aliphatic carbocycles. The Morgan fingerprint density at radius 3 is 2.66 bits per heavy atom. The zero-order valence-electron chi connectivity index (χ0n) is 16.6. The normalized spacial score (nSPS) is 22.2. The molecule has 6 nitrogen and oxygen atoms in total. The van der Waals surface area contributed by atoms with E-state index in [1.165, 1.54) is 5.56 Å². The average Bonchev–Trinajstić information content (AvgIpc) is 3.34. The van der Waals surface area contributed by atoms with Crippen molar-refractivity contribution in [2.75, 3.05) is 42.9 Å². The number of rotatable bonds is 6. The van der Waals surface area contributed by atoms with Crippen molar-refractivity contribution in [3.05, 3.63) is 60.2 Å². The van der Waals surface area contributed by atoms with Crippen molar-refractivity contribution < 1.29 is 9.59 Å². The van der Waals surface area contributed by atoms with Crippen LogP contribution in [0.1, 0.15) is 24.3 Å². The van der Waals surface area contributed by atoms with E-state index in [-0.39, 0.29) is 11.8 Å². The highest BCUT2D eigenvalue weighted by atomic mass is 16.2. The minimum Gasteiger partial charge on any atom is -0.330 e. The Kier molecular flexibility index (Phi) is 5.92. The summed E-state index contributed by atoms with van der Waals surface area (Å²) in [5, 5.41) is 2.99. The molecule has 0 spiro atoms. The summed E-state index contributed by atoms with van der Waals surface area (Å²) < 4.78 is 0. The van der Waals surface area contributed by atoms with Crippen LogP contribution in [-0.2, 0) is 9.59 Å². The highest BCUT2D eigenvalue weighted by Crippen LogP contribution is 2.32. The Morgan fingerprint density at radius 2 is 1.93 bits per heavy atom. The fraction of sp³-hybridized carbons (Fsp3) is 0.391. The van der Waals surface area contributed by atoms with Crippen LogP contribution < -0.4 is 16.0 Å². The van der Waals surface area contributed by atoms with E-state index in [0.29, 0.717) is 31.3 Å². The molecule has 3 N–H and O–H groups in total. The average molecular weight is 393 g/mol. The Morgan fingerprint density at radius 1 is 1.10 bits per heavy atom.